The number of amides is 1. The minimum atomic E-state index is -0.391. The highest BCUT2D eigenvalue weighted by Gasteiger charge is 2.13. The number of pyridine rings is 1. The van der Waals surface area contributed by atoms with Gasteiger partial charge in [0, 0.05) is 18.3 Å². The monoisotopic (exact) mass is 266 g/mol. The Morgan fingerprint density at radius 1 is 1.50 bits per heavy atom. The van der Waals surface area contributed by atoms with Crippen molar-refractivity contribution in [3.8, 4) is 0 Å². The van der Waals surface area contributed by atoms with E-state index in [1.54, 1.807) is 18.3 Å². The SMILES string of the molecule is CC(C)CN(CC(N)=O)c1cc(C(N)=S)ccn1. The van der Waals surface area contributed by atoms with Gasteiger partial charge in [-0.25, -0.2) is 4.98 Å². The largest absolute Gasteiger partial charge is 0.389 e. The van der Waals surface area contributed by atoms with E-state index in [9.17, 15) is 4.79 Å². The van der Waals surface area contributed by atoms with Crippen molar-refractivity contribution >= 4 is 28.9 Å². The standard InChI is InChI=1S/C12H18N4OS/c1-8(2)6-16(7-10(13)17)11-5-9(12(14)18)3-4-15-11/h3-5,8H,6-7H2,1-2H3,(H2,13,17)(H2,14,18). The van der Waals surface area contributed by atoms with Crippen LogP contribution in [0.5, 0.6) is 0 Å². The van der Waals surface area contributed by atoms with Crippen LogP contribution in [0.4, 0.5) is 5.82 Å². The van der Waals surface area contributed by atoms with E-state index in [2.05, 4.69) is 18.8 Å². The summed E-state index contributed by atoms with van der Waals surface area (Å²) < 4.78 is 0. The molecule has 1 amide bonds. The van der Waals surface area contributed by atoms with Gasteiger partial charge in [-0.1, -0.05) is 26.1 Å². The molecule has 0 radical (unpaired) electrons. The molecule has 0 saturated carbocycles. The third-order valence-electron chi connectivity index (χ3n) is 2.29. The average Bonchev–Trinajstić information content (AvgIpc) is 2.27. The van der Waals surface area contributed by atoms with E-state index in [-0.39, 0.29) is 6.54 Å². The van der Waals surface area contributed by atoms with Crippen LogP contribution in [0.2, 0.25) is 0 Å². The molecule has 0 aliphatic heterocycles. The highest BCUT2D eigenvalue weighted by Crippen LogP contribution is 2.14. The molecular weight excluding hydrogens is 248 g/mol. The van der Waals surface area contributed by atoms with Crippen LogP contribution in [0.15, 0.2) is 18.3 Å². The lowest BCUT2D eigenvalue weighted by Gasteiger charge is -2.24. The topological polar surface area (TPSA) is 85.2 Å². The predicted molar refractivity (Wildman–Crippen MR) is 76.4 cm³/mol. The Morgan fingerprint density at radius 2 is 2.17 bits per heavy atom. The number of nitrogens with two attached hydrogens (primary N) is 2. The fraction of sp³-hybridized carbons (Fsp3) is 0.417. The maximum absolute atomic E-state index is 11.1. The molecule has 0 unspecified atom stereocenters. The van der Waals surface area contributed by atoms with Crippen LogP contribution in [0.25, 0.3) is 0 Å². The van der Waals surface area contributed by atoms with Gasteiger partial charge >= 0.3 is 0 Å². The molecule has 5 nitrogen and oxygen atoms in total. The highest BCUT2D eigenvalue weighted by molar-refractivity contribution is 7.80. The van der Waals surface area contributed by atoms with Crippen molar-refractivity contribution in [3.05, 3.63) is 23.9 Å². The van der Waals surface area contributed by atoms with Crippen LogP contribution in [0.3, 0.4) is 0 Å². The summed E-state index contributed by atoms with van der Waals surface area (Å²) in [5.41, 5.74) is 11.6. The highest BCUT2D eigenvalue weighted by atomic mass is 32.1. The number of rotatable bonds is 6. The van der Waals surface area contributed by atoms with Crippen molar-refractivity contribution in [2.75, 3.05) is 18.0 Å². The lowest BCUT2D eigenvalue weighted by Crippen LogP contribution is -2.36. The summed E-state index contributed by atoms with van der Waals surface area (Å²) in [5, 5.41) is 0. The molecule has 1 aromatic rings. The fourth-order valence-electron chi connectivity index (χ4n) is 1.61. The van der Waals surface area contributed by atoms with Gasteiger partial charge in [-0.15, -0.1) is 0 Å². The van der Waals surface area contributed by atoms with Crippen molar-refractivity contribution in [2.45, 2.75) is 13.8 Å². The second kappa shape index (κ2) is 6.30. The molecule has 4 N–H and O–H groups in total. The number of hydrogen-bond acceptors (Lipinski definition) is 4. The first-order valence-corrected chi connectivity index (χ1v) is 6.10. The molecule has 0 spiro atoms. The maximum Gasteiger partial charge on any atom is 0.236 e. The van der Waals surface area contributed by atoms with Gasteiger partial charge in [-0.3, -0.25) is 4.79 Å². The summed E-state index contributed by atoms with van der Waals surface area (Å²) in [6, 6.07) is 3.51. The molecule has 0 fully saturated rings. The van der Waals surface area contributed by atoms with Gasteiger partial charge in [0.25, 0.3) is 0 Å². The third kappa shape index (κ3) is 4.29. The zero-order valence-corrected chi connectivity index (χ0v) is 11.4. The predicted octanol–water partition coefficient (Wildman–Crippen LogP) is 0.663. The van der Waals surface area contributed by atoms with Gasteiger partial charge in [0.15, 0.2) is 0 Å². The lowest BCUT2D eigenvalue weighted by molar-refractivity contribution is -0.116. The van der Waals surface area contributed by atoms with Crippen LogP contribution in [0, 0.1) is 5.92 Å². The molecule has 0 saturated heterocycles. The molecule has 6 heteroatoms. The Kier molecular flexibility index (Phi) is 5.03. The van der Waals surface area contributed by atoms with Gasteiger partial charge in [0.1, 0.15) is 10.8 Å². The van der Waals surface area contributed by atoms with Crippen molar-refractivity contribution in [1.29, 1.82) is 0 Å². The minimum Gasteiger partial charge on any atom is -0.389 e. The summed E-state index contributed by atoms with van der Waals surface area (Å²) in [6.07, 6.45) is 1.62. The molecule has 18 heavy (non-hydrogen) atoms. The van der Waals surface area contributed by atoms with Gasteiger partial charge in [-0.05, 0) is 18.1 Å². The summed E-state index contributed by atoms with van der Waals surface area (Å²) in [4.78, 5) is 17.5. The van der Waals surface area contributed by atoms with Crippen LogP contribution in [0.1, 0.15) is 19.4 Å². The van der Waals surface area contributed by atoms with E-state index < -0.39 is 5.91 Å². The first-order valence-electron chi connectivity index (χ1n) is 5.69. The van der Waals surface area contributed by atoms with Gasteiger partial charge < -0.3 is 16.4 Å². The van der Waals surface area contributed by atoms with E-state index >= 15 is 0 Å². The Balaban J connectivity index is 3.00. The zero-order chi connectivity index (χ0) is 13.7. The maximum atomic E-state index is 11.1. The second-order valence-electron chi connectivity index (χ2n) is 4.51. The molecule has 1 heterocycles. The van der Waals surface area contributed by atoms with Crippen LogP contribution in [-0.4, -0.2) is 29.0 Å². The van der Waals surface area contributed by atoms with Crippen molar-refractivity contribution in [2.24, 2.45) is 17.4 Å². The molecule has 98 valence electrons. The third-order valence-corrected chi connectivity index (χ3v) is 2.52. The molecule has 1 rings (SSSR count). The summed E-state index contributed by atoms with van der Waals surface area (Å²) in [5.74, 6) is 0.658. The van der Waals surface area contributed by atoms with Crippen LogP contribution in [-0.2, 0) is 4.79 Å². The molecule has 1 aromatic heterocycles. The van der Waals surface area contributed by atoms with E-state index in [1.165, 1.54) is 0 Å². The van der Waals surface area contributed by atoms with E-state index in [0.717, 1.165) is 5.56 Å². The van der Waals surface area contributed by atoms with Crippen LogP contribution >= 0.6 is 12.2 Å². The van der Waals surface area contributed by atoms with E-state index in [0.29, 0.717) is 23.3 Å². The lowest BCUT2D eigenvalue weighted by atomic mass is 10.2. The Bertz CT molecular complexity index is 447. The molecule has 0 bridgehead atoms. The molecule has 0 atom stereocenters. The van der Waals surface area contributed by atoms with Crippen molar-refractivity contribution in [3.63, 3.8) is 0 Å². The number of nitrogens with zero attached hydrogens (tertiary/aromatic N) is 2. The normalized spacial score (nSPS) is 10.4. The number of hydrogen-bond donors (Lipinski definition) is 2. The second-order valence-corrected chi connectivity index (χ2v) is 4.95. The Morgan fingerprint density at radius 3 is 2.67 bits per heavy atom. The quantitative estimate of drug-likeness (QED) is 0.739. The van der Waals surface area contributed by atoms with Gasteiger partial charge in [0.2, 0.25) is 5.91 Å². The molecular formula is C12H18N4OS. The fourth-order valence-corrected chi connectivity index (χ4v) is 1.74. The summed E-state index contributed by atoms with van der Waals surface area (Å²) in [6.45, 7) is 4.94. The average molecular weight is 266 g/mol. The summed E-state index contributed by atoms with van der Waals surface area (Å²) in [7, 11) is 0. The van der Waals surface area contributed by atoms with Crippen LogP contribution < -0.4 is 16.4 Å². The number of carbonyl (C=O) groups is 1. The van der Waals surface area contributed by atoms with E-state index in [4.69, 9.17) is 23.7 Å². The first-order chi connectivity index (χ1) is 8.40. The number of anilines is 1. The first kappa shape index (κ1) is 14.4. The smallest absolute Gasteiger partial charge is 0.236 e. The van der Waals surface area contributed by atoms with E-state index in [1.807, 2.05) is 4.90 Å². The number of primary amides is 1. The number of carbonyl (C=O) groups excluding carboxylic acids is 1. The number of aromatic nitrogens is 1. The van der Waals surface area contributed by atoms with Crippen molar-refractivity contribution in [1.82, 2.24) is 4.98 Å². The number of thiocarbonyl (C=S) groups is 1. The molecule has 0 aromatic carbocycles. The molecule has 0 aliphatic carbocycles. The molecule has 0 aliphatic rings. The summed E-state index contributed by atoms with van der Waals surface area (Å²) >= 11 is 4.92. The van der Waals surface area contributed by atoms with Gasteiger partial charge in [-0.2, -0.15) is 0 Å². The zero-order valence-electron chi connectivity index (χ0n) is 10.6. The van der Waals surface area contributed by atoms with Gasteiger partial charge in [0.05, 0.1) is 6.54 Å². The minimum absolute atomic E-state index is 0.131. The van der Waals surface area contributed by atoms with Crippen molar-refractivity contribution < 1.29 is 4.79 Å². The Labute approximate surface area is 112 Å². The Hall–Kier alpha value is -1.69.